The first-order valence-electron chi connectivity index (χ1n) is 6.39. The average Bonchev–Trinajstić information content (AvgIpc) is 2.33. The van der Waals surface area contributed by atoms with Crippen molar-refractivity contribution in [2.45, 2.75) is 32.9 Å². The van der Waals surface area contributed by atoms with Gasteiger partial charge in [-0.15, -0.1) is 0 Å². The minimum atomic E-state index is -0.563. The molecule has 0 aliphatic rings. The third-order valence-electron chi connectivity index (χ3n) is 2.36. The van der Waals surface area contributed by atoms with Crippen LogP contribution in [0.15, 0.2) is 24.3 Å². The summed E-state index contributed by atoms with van der Waals surface area (Å²) < 4.78 is 5.48. The van der Waals surface area contributed by atoms with E-state index in [0.717, 1.165) is 0 Å². The number of hydrogen-bond acceptors (Lipinski definition) is 4. The molecule has 1 aromatic carbocycles. The highest BCUT2D eigenvalue weighted by molar-refractivity contribution is 5.88. The van der Waals surface area contributed by atoms with E-state index in [1.807, 2.05) is 13.8 Å². The van der Waals surface area contributed by atoms with Gasteiger partial charge in [0, 0.05) is 31.3 Å². The highest BCUT2D eigenvalue weighted by Gasteiger charge is 2.06. The summed E-state index contributed by atoms with van der Waals surface area (Å²) >= 11 is 0. The molecule has 0 aromatic heterocycles. The zero-order chi connectivity index (χ0) is 14.3. The third-order valence-corrected chi connectivity index (χ3v) is 2.36. The molecular weight excluding hydrogens is 244 g/mol. The van der Waals surface area contributed by atoms with Crippen molar-refractivity contribution in [3.05, 3.63) is 24.3 Å². The van der Waals surface area contributed by atoms with Gasteiger partial charge in [0.05, 0.1) is 0 Å². The van der Waals surface area contributed by atoms with Crippen LogP contribution in [0.4, 0.5) is 5.69 Å². The predicted octanol–water partition coefficient (Wildman–Crippen LogP) is 1.38. The molecule has 106 valence electrons. The molecule has 0 unspecified atom stereocenters. The van der Waals surface area contributed by atoms with E-state index in [2.05, 4.69) is 10.6 Å². The van der Waals surface area contributed by atoms with Gasteiger partial charge in [-0.25, -0.2) is 0 Å². The quantitative estimate of drug-likeness (QED) is 0.697. The summed E-state index contributed by atoms with van der Waals surface area (Å²) in [7, 11) is 0. The first-order chi connectivity index (χ1) is 8.97. The van der Waals surface area contributed by atoms with Gasteiger partial charge in [0.1, 0.15) is 18.5 Å². The van der Waals surface area contributed by atoms with Crippen molar-refractivity contribution in [2.24, 2.45) is 0 Å². The van der Waals surface area contributed by atoms with Gasteiger partial charge in [0.25, 0.3) is 0 Å². The summed E-state index contributed by atoms with van der Waals surface area (Å²) in [4.78, 5) is 10.9. The number of nitrogens with one attached hydrogen (secondary N) is 2. The summed E-state index contributed by atoms with van der Waals surface area (Å²) in [6.45, 7) is 6.19. The van der Waals surface area contributed by atoms with E-state index < -0.39 is 6.10 Å². The van der Waals surface area contributed by atoms with Crippen molar-refractivity contribution in [1.29, 1.82) is 0 Å². The van der Waals surface area contributed by atoms with E-state index in [1.54, 1.807) is 24.3 Å². The van der Waals surface area contributed by atoms with Gasteiger partial charge in [-0.3, -0.25) is 4.79 Å². The fraction of sp³-hybridized carbons (Fsp3) is 0.500. The van der Waals surface area contributed by atoms with Crippen molar-refractivity contribution in [1.82, 2.24) is 5.32 Å². The Bertz CT molecular complexity index is 407. The van der Waals surface area contributed by atoms with E-state index in [0.29, 0.717) is 24.0 Å². The van der Waals surface area contributed by atoms with E-state index in [-0.39, 0.29) is 12.5 Å². The second-order valence-corrected chi connectivity index (χ2v) is 4.74. The number of hydrogen-bond donors (Lipinski definition) is 3. The predicted molar refractivity (Wildman–Crippen MR) is 75.4 cm³/mol. The molecule has 1 rings (SSSR count). The Hall–Kier alpha value is -1.59. The van der Waals surface area contributed by atoms with Gasteiger partial charge in [-0.2, -0.15) is 0 Å². The van der Waals surface area contributed by atoms with E-state index in [4.69, 9.17) is 4.74 Å². The monoisotopic (exact) mass is 266 g/mol. The second-order valence-electron chi connectivity index (χ2n) is 4.74. The smallest absolute Gasteiger partial charge is 0.221 e. The van der Waals surface area contributed by atoms with Gasteiger partial charge in [0.15, 0.2) is 0 Å². The number of aliphatic hydroxyl groups excluding tert-OH is 1. The van der Waals surface area contributed by atoms with Crippen LogP contribution in [0.5, 0.6) is 5.75 Å². The lowest BCUT2D eigenvalue weighted by molar-refractivity contribution is -0.114. The SMILES string of the molecule is CC(=O)Nc1cccc(OC[C@H](O)CNC(C)C)c1. The fourth-order valence-corrected chi connectivity index (χ4v) is 1.49. The Balaban J connectivity index is 2.42. The number of rotatable bonds is 7. The van der Waals surface area contributed by atoms with E-state index >= 15 is 0 Å². The minimum Gasteiger partial charge on any atom is -0.491 e. The van der Waals surface area contributed by atoms with E-state index in [9.17, 15) is 9.90 Å². The van der Waals surface area contributed by atoms with Crippen LogP contribution in [-0.2, 0) is 4.79 Å². The van der Waals surface area contributed by atoms with Gasteiger partial charge in [0.2, 0.25) is 5.91 Å². The molecule has 0 bridgehead atoms. The van der Waals surface area contributed by atoms with E-state index in [1.165, 1.54) is 6.92 Å². The molecule has 0 saturated carbocycles. The van der Waals surface area contributed by atoms with Crippen LogP contribution in [0, 0.1) is 0 Å². The van der Waals surface area contributed by atoms with Crippen molar-refractivity contribution >= 4 is 11.6 Å². The molecule has 5 nitrogen and oxygen atoms in total. The number of carbonyl (C=O) groups excluding carboxylic acids is 1. The lowest BCUT2D eigenvalue weighted by Gasteiger charge is -2.15. The molecule has 1 amide bonds. The Kier molecular flexibility index (Phi) is 6.32. The molecular formula is C14H22N2O3. The molecule has 3 N–H and O–H groups in total. The fourth-order valence-electron chi connectivity index (χ4n) is 1.49. The first-order valence-corrected chi connectivity index (χ1v) is 6.39. The number of aliphatic hydroxyl groups is 1. The molecule has 1 aromatic rings. The van der Waals surface area contributed by atoms with Crippen LogP contribution >= 0.6 is 0 Å². The standard InChI is InChI=1S/C14H22N2O3/c1-10(2)15-8-13(18)9-19-14-6-4-5-12(7-14)16-11(3)17/h4-7,10,13,15,18H,8-9H2,1-3H3,(H,16,17)/t13-/m1/s1. The number of carbonyl (C=O) groups is 1. The summed E-state index contributed by atoms with van der Waals surface area (Å²) in [6.07, 6.45) is -0.563. The zero-order valence-corrected chi connectivity index (χ0v) is 11.6. The molecule has 0 heterocycles. The maximum atomic E-state index is 10.9. The molecule has 0 fully saturated rings. The van der Waals surface area contributed by atoms with Crippen molar-refractivity contribution in [3.8, 4) is 5.75 Å². The molecule has 0 spiro atoms. The summed E-state index contributed by atoms with van der Waals surface area (Å²) in [6, 6.07) is 7.42. The lowest BCUT2D eigenvalue weighted by atomic mass is 10.3. The summed E-state index contributed by atoms with van der Waals surface area (Å²) in [5, 5.41) is 15.5. The molecule has 19 heavy (non-hydrogen) atoms. The number of ether oxygens (including phenoxy) is 1. The molecule has 0 radical (unpaired) electrons. The van der Waals surface area contributed by atoms with Crippen LogP contribution < -0.4 is 15.4 Å². The van der Waals surface area contributed by atoms with Gasteiger partial charge in [-0.1, -0.05) is 19.9 Å². The summed E-state index contributed by atoms with van der Waals surface area (Å²) in [5.41, 5.74) is 0.680. The maximum absolute atomic E-state index is 10.9. The largest absolute Gasteiger partial charge is 0.491 e. The summed E-state index contributed by atoms with van der Waals surface area (Å²) in [5.74, 6) is 0.494. The second kappa shape index (κ2) is 7.76. The Morgan fingerprint density at radius 2 is 2.16 bits per heavy atom. The van der Waals surface area contributed by atoms with Crippen LogP contribution in [0.3, 0.4) is 0 Å². The zero-order valence-electron chi connectivity index (χ0n) is 11.6. The van der Waals surface area contributed by atoms with Gasteiger partial charge >= 0.3 is 0 Å². The Labute approximate surface area is 114 Å². The number of benzene rings is 1. The number of anilines is 1. The van der Waals surface area contributed by atoms with Crippen molar-refractivity contribution in [3.63, 3.8) is 0 Å². The minimum absolute atomic E-state index is 0.127. The Morgan fingerprint density at radius 1 is 1.42 bits per heavy atom. The normalized spacial score (nSPS) is 12.3. The molecule has 0 saturated heterocycles. The lowest BCUT2D eigenvalue weighted by Crippen LogP contribution is -2.35. The Morgan fingerprint density at radius 3 is 2.79 bits per heavy atom. The molecule has 5 heteroatoms. The van der Waals surface area contributed by atoms with Gasteiger partial charge < -0.3 is 20.5 Å². The highest BCUT2D eigenvalue weighted by atomic mass is 16.5. The first kappa shape index (κ1) is 15.5. The molecule has 0 aliphatic heterocycles. The average molecular weight is 266 g/mol. The van der Waals surface area contributed by atoms with Crippen molar-refractivity contribution < 1.29 is 14.6 Å². The van der Waals surface area contributed by atoms with Gasteiger partial charge in [-0.05, 0) is 12.1 Å². The molecule has 0 aliphatic carbocycles. The van der Waals surface area contributed by atoms with Crippen molar-refractivity contribution in [2.75, 3.05) is 18.5 Å². The van der Waals surface area contributed by atoms with Crippen LogP contribution in [0.1, 0.15) is 20.8 Å². The van der Waals surface area contributed by atoms with Crippen LogP contribution in [-0.4, -0.2) is 36.3 Å². The van der Waals surface area contributed by atoms with Crippen LogP contribution in [0.25, 0.3) is 0 Å². The third kappa shape index (κ3) is 6.79. The maximum Gasteiger partial charge on any atom is 0.221 e. The molecule has 1 atom stereocenters. The topological polar surface area (TPSA) is 70.6 Å². The van der Waals surface area contributed by atoms with Crippen LogP contribution in [0.2, 0.25) is 0 Å². The number of amides is 1. The highest BCUT2D eigenvalue weighted by Crippen LogP contribution is 2.17.